The molecule has 0 bridgehead atoms. The number of allylic oxidation sites excluding steroid dienone is 1. The van der Waals surface area contributed by atoms with Crippen LogP contribution >= 0.6 is 0 Å². The lowest BCUT2D eigenvalue weighted by Gasteiger charge is -2.67. The van der Waals surface area contributed by atoms with Crippen molar-refractivity contribution in [3.63, 3.8) is 0 Å². The number of nitrogens with one attached hydrogen (secondary N) is 1. The van der Waals surface area contributed by atoms with Gasteiger partial charge in [-0.15, -0.1) is 0 Å². The van der Waals surface area contributed by atoms with Crippen LogP contribution in [-0.2, 0) is 0 Å². The monoisotopic (exact) mass is 459 g/mol. The summed E-state index contributed by atoms with van der Waals surface area (Å²) in [5.74, 6) is 2.35. The molecule has 3 saturated carbocycles. The summed E-state index contributed by atoms with van der Waals surface area (Å²) in [7, 11) is 0. The lowest BCUT2D eigenvalue weighted by molar-refractivity contribution is -0.204. The summed E-state index contributed by atoms with van der Waals surface area (Å²) in [6.07, 6.45) is 11.1. The molecule has 33 heavy (non-hydrogen) atoms. The van der Waals surface area contributed by atoms with Crippen molar-refractivity contribution >= 4 is 0 Å². The Morgan fingerprint density at radius 1 is 0.970 bits per heavy atom. The van der Waals surface area contributed by atoms with Gasteiger partial charge in [0.15, 0.2) is 0 Å². The molecule has 4 aliphatic carbocycles. The van der Waals surface area contributed by atoms with Gasteiger partial charge in [0.1, 0.15) is 0 Å². The fourth-order valence-corrected chi connectivity index (χ4v) is 9.68. The number of aliphatic hydroxyl groups is 2. The minimum atomic E-state index is -0.261. The van der Waals surface area contributed by atoms with Crippen LogP contribution in [0.2, 0.25) is 0 Å². The molecule has 0 saturated heterocycles. The van der Waals surface area contributed by atoms with Crippen molar-refractivity contribution in [2.45, 2.75) is 125 Å². The van der Waals surface area contributed by atoms with Crippen LogP contribution in [0.3, 0.4) is 0 Å². The van der Waals surface area contributed by atoms with Crippen LogP contribution in [0.15, 0.2) is 11.6 Å². The highest BCUT2D eigenvalue weighted by molar-refractivity contribution is 5.31. The van der Waals surface area contributed by atoms with Crippen LogP contribution in [0.4, 0.5) is 0 Å². The van der Waals surface area contributed by atoms with E-state index in [0.717, 1.165) is 32.2 Å². The van der Waals surface area contributed by atoms with E-state index in [1.54, 1.807) is 0 Å². The summed E-state index contributed by atoms with van der Waals surface area (Å²) in [4.78, 5) is 0. The normalized spacial score (nSPS) is 47.5. The fraction of sp³-hybridized carbons (Fsp3) is 0.933. The number of hydrogen-bond donors (Lipinski definition) is 3. The van der Waals surface area contributed by atoms with Crippen LogP contribution in [0.25, 0.3) is 0 Å². The Labute approximate surface area is 204 Å². The summed E-state index contributed by atoms with van der Waals surface area (Å²) in [6.45, 7) is 20.1. The highest BCUT2D eigenvalue weighted by Crippen LogP contribution is 2.74. The lowest BCUT2D eigenvalue weighted by atomic mass is 9.38. The first-order valence-electron chi connectivity index (χ1n) is 14.1. The third kappa shape index (κ3) is 3.70. The van der Waals surface area contributed by atoms with Crippen molar-refractivity contribution in [2.75, 3.05) is 6.54 Å². The molecule has 0 spiro atoms. The Morgan fingerprint density at radius 3 is 2.33 bits per heavy atom. The van der Waals surface area contributed by atoms with E-state index in [2.05, 4.69) is 66.8 Å². The highest BCUT2D eigenvalue weighted by atomic mass is 16.3. The molecule has 0 radical (unpaired) electrons. The predicted octanol–water partition coefficient (Wildman–Crippen LogP) is 6.34. The Bertz CT molecular complexity index is 758. The first-order valence-corrected chi connectivity index (χ1v) is 14.1. The molecular formula is C30H53NO2. The van der Waals surface area contributed by atoms with E-state index >= 15 is 0 Å². The molecule has 0 aromatic rings. The van der Waals surface area contributed by atoms with E-state index in [9.17, 15) is 10.2 Å². The van der Waals surface area contributed by atoms with Gasteiger partial charge in [0, 0.05) is 16.9 Å². The first-order chi connectivity index (χ1) is 15.3. The van der Waals surface area contributed by atoms with Crippen LogP contribution in [0.1, 0.15) is 107 Å². The third-order valence-electron chi connectivity index (χ3n) is 12.0. The standard InChI is InChI=1S/C30H53NO2/c1-19(2)31-17-9-10-20(3)21-15-16-28(6)24-13-11-22-23(12-14-25(32)27(22,4)5)30(24,8)26(33)18-29(21,28)7/h11,19-21,23-26,31-33H,9-10,12-18H2,1-8H3/t20-,21-,23-,24+,25+,26-,28+,29-,30+/m1/s1. The smallest absolute Gasteiger partial charge is 0.0628 e. The molecule has 3 nitrogen and oxygen atoms in total. The van der Waals surface area contributed by atoms with Gasteiger partial charge in [0.2, 0.25) is 0 Å². The van der Waals surface area contributed by atoms with Gasteiger partial charge >= 0.3 is 0 Å². The molecule has 3 fully saturated rings. The maximum absolute atomic E-state index is 11.9. The van der Waals surface area contributed by atoms with Crippen molar-refractivity contribution in [1.29, 1.82) is 0 Å². The van der Waals surface area contributed by atoms with Crippen LogP contribution in [-0.4, -0.2) is 35.0 Å². The molecule has 4 rings (SSSR count). The summed E-state index contributed by atoms with van der Waals surface area (Å²) in [5.41, 5.74) is 1.67. The third-order valence-corrected chi connectivity index (χ3v) is 12.0. The molecule has 0 heterocycles. The van der Waals surface area contributed by atoms with Gasteiger partial charge in [-0.25, -0.2) is 0 Å². The molecule has 0 aromatic heterocycles. The minimum absolute atomic E-state index is 0.0743. The average molecular weight is 460 g/mol. The van der Waals surface area contributed by atoms with Crippen molar-refractivity contribution in [2.24, 2.45) is 45.3 Å². The second kappa shape index (κ2) is 8.63. The molecule has 9 atom stereocenters. The van der Waals surface area contributed by atoms with Crippen molar-refractivity contribution in [3.8, 4) is 0 Å². The maximum atomic E-state index is 11.9. The van der Waals surface area contributed by atoms with Crippen LogP contribution in [0, 0.1) is 45.3 Å². The average Bonchev–Trinajstić information content (AvgIpc) is 2.99. The summed E-state index contributed by atoms with van der Waals surface area (Å²) < 4.78 is 0. The van der Waals surface area contributed by atoms with E-state index in [-0.39, 0.29) is 33.9 Å². The second-order valence-electron chi connectivity index (χ2n) is 14.1. The number of hydrogen-bond acceptors (Lipinski definition) is 3. The van der Waals surface area contributed by atoms with Gasteiger partial charge in [0.25, 0.3) is 0 Å². The minimum Gasteiger partial charge on any atom is -0.393 e. The van der Waals surface area contributed by atoms with Crippen LogP contribution in [0.5, 0.6) is 0 Å². The Hall–Kier alpha value is -0.380. The molecule has 190 valence electrons. The molecule has 0 aromatic carbocycles. The zero-order valence-electron chi connectivity index (χ0n) is 22.9. The second-order valence-corrected chi connectivity index (χ2v) is 14.1. The van der Waals surface area contributed by atoms with Crippen molar-refractivity contribution in [1.82, 2.24) is 5.32 Å². The van der Waals surface area contributed by atoms with E-state index < -0.39 is 0 Å². The largest absolute Gasteiger partial charge is 0.393 e. The number of fused-ring (bicyclic) bond motifs is 5. The Morgan fingerprint density at radius 2 is 1.67 bits per heavy atom. The van der Waals surface area contributed by atoms with Crippen molar-refractivity contribution < 1.29 is 10.2 Å². The quantitative estimate of drug-likeness (QED) is 0.321. The lowest BCUT2D eigenvalue weighted by Crippen LogP contribution is -2.64. The van der Waals surface area contributed by atoms with E-state index in [4.69, 9.17) is 0 Å². The Balaban J connectivity index is 1.60. The molecule has 0 aliphatic heterocycles. The predicted molar refractivity (Wildman–Crippen MR) is 138 cm³/mol. The zero-order valence-corrected chi connectivity index (χ0v) is 22.9. The first kappa shape index (κ1) is 25.7. The summed E-state index contributed by atoms with van der Waals surface area (Å²) in [5, 5.41) is 26.3. The van der Waals surface area contributed by atoms with E-state index in [1.165, 1.54) is 31.3 Å². The SMILES string of the molecule is CC(C)NCCC[C@@H](C)[C@H]1CC[C@@]2(C)[C@@H]3CC=C4[C@@H](CC[C@H](O)C4(C)C)[C@]3(C)[C@H](O)C[C@]12C. The van der Waals surface area contributed by atoms with Gasteiger partial charge in [-0.05, 0) is 92.4 Å². The van der Waals surface area contributed by atoms with Gasteiger partial charge in [-0.1, -0.05) is 67.0 Å². The van der Waals surface area contributed by atoms with Crippen molar-refractivity contribution in [3.05, 3.63) is 11.6 Å². The number of aliphatic hydroxyl groups excluding tert-OH is 2. The molecule has 0 unspecified atom stereocenters. The summed E-state index contributed by atoms with van der Waals surface area (Å²) >= 11 is 0. The van der Waals surface area contributed by atoms with Gasteiger partial charge in [-0.2, -0.15) is 0 Å². The van der Waals surface area contributed by atoms with Gasteiger partial charge < -0.3 is 15.5 Å². The molecular weight excluding hydrogens is 406 g/mol. The Kier molecular flexibility index (Phi) is 6.72. The maximum Gasteiger partial charge on any atom is 0.0628 e. The summed E-state index contributed by atoms with van der Waals surface area (Å²) in [6, 6.07) is 0.564. The molecule has 4 aliphatic rings. The van der Waals surface area contributed by atoms with Gasteiger partial charge in [0.05, 0.1) is 12.2 Å². The molecule has 0 amide bonds. The fourth-order valence-electron chi connectivity index (χ4n) is 9.68. The number of rotatable bonds is 6. The molecule has 3 N–H and O–H groups in total. The topological polar surface area (TPSA) is 52.5 Å². The van der Waals surface area contributed by atoms with Crippen LogP contribution < -0.4 is 5.32 Å². The zero-order chi connectivity index (χ0) is 24.4. The highest BCUT2D eigenvalue weighted by Gasteiger charge is 2.70. The molecule has 3 heteroatoms. The van der Waals surface area contributed by atoms with E-state index in [0.29, 0.717) is 29.7 Å². The van der Waals surface area contributed by atoms with E-state index in [1.807, 2.05) is 0 Å². The van der Waals surface area contributed by atoms with Gasteiger partial charge in [-0.3, -0.25) is 0 Å².